The van der Waals surface area contributed by atoms with Gasteiger partial charge in [-0.05, 0) is 35.4 Å². The number of hydrogen-bond donors (Lipinski definition) is 2. The number of nitro benzene ring substituents is 2. The van der Waals surface area contributed by atoms with Gasteiger partial charge in [0.2, 0.25) is 0 Å². The van der Waals surface area contributed by atoms with Gasteiger partial charge in [0.05, 0.1) is 22.3 Å². The molecular formula is C24H20N6O8. The number of amides is 2. The summed E-state index contributed by atoms with van der Waals surface area (Å²) in [5.41, 5.74) is 5.80. The van der Waals surface area contributed by atoms with Crippen molar-refractivity contribution >= 4 is 35.6 Å². The highest BCUT2D eigenvalue weighted by molar-refractivity contribution is 5.86. The van der Waals surface area contributed by atoms with E-state index in [0.29, 0.717) is 22.6 Å². The monoisotopic (exact) mass is 520 g/mol. The first kappa shape index (κ1) is 26.9. The van der Waals surface area contributed by atoms with Crippen molar-refractivity contribution in [2.45, 2.75) is 0 Å². The van der Waals surface area contributed by atoms with Gasteiger partial charge in [-0.25, -0.2) is 10.9 Å². The van der Waals surface area contributed by atoms with E-state index in [2.05, 4.69) is 21.1 Å². The number of benzene rings is 3. The molecule has 0 aliphatic heterocycles. The number of carbonyl (C=O) groups is 2. The fourth-order valence-corrected chi connectivity index (χ4v) is 2.72. The minimum Gasteiger partial charge on any atom is -0.484 e. The van der Waals surface area contributed by atoms with E-state index < -0.39 is 21.7 Å². The van der Waals surface area contributed by atoms with Gasteiger partial charge in [0.1, 0.15) is 11.5 Å². The molecule has 14 heteroatoms. The molecule has 3 aromatic carbocycles. The van der Waals surface area contributed by atoms with Crippen molar-refractivity contribution in [3.63, 3.8) is 0 Å². The zero-order chi connectivity index (χ0) is 27.3. The van der Waals surface area contributed by atoms with E-state index in [9.17, 15) is 29.8 Å². The highest BCUT2D eigenvalue weighted by Crippen LogP contribution is 2.18. The summed E-state index contributed by atoms with van der Waals surface area (Å²) in [6.45, 7) is -0.648. The Hall–Kier alpha value is -5.66. The molecule has 38 heavy (non-hydrogen) atoms. The molecule has 0 radical (unpaired) electrons. The van der Waals surface area contributed by atoms with Crippen LogP contribution in [0.3, 0.4) is 0 Å². The van der Waals surface area contributed by atoms with Gasteiger partial charge in [-0.1, -0.05) is 24.3 Å². The molecule has 2 amide bonds. The lowest BCUT2D eigenvalue weighted by Crippen LogP contribution is -2.24. The van der Waals surface area contributed by atoms with E-state index >= 15 is 0 Å². The SMILES string of the molecule is O=C(COc1ccc([N+](=O)[O-])cc1)NN=Cc1ccc(C=NNC(=O)COc2ccc([N+](=O)[O-])cc2)cc1. The van der Waals surface area contributed by atoms with Gasteiger partial charge in [0.15, 0.2) is 13.2 Å². The van der Waals surface area contributed by atoms with Crippen LogP contribution in [0.25, 0.3) is 0 Å². The molecule has 3 aromatic rings. The van der Waals surface area contributed by atoms with E-state index in [1.54, 1.807) is 24.3 Å². The Balaban J connectivity index is 1.36. The van der Waals surface area contributed by atoms with Gasteiger partial charge < -0.3 is 9.47 Å². The molecule has 0 saturated carbocycles. The molecule has 194 valence electrons. The maximum Gasteiger partial charge on any atom is 0.277 e. The Morgan fingerprint density at radius 1 is 0.658 bits per heavy atom. The van der Waals surface area contributed by atoms with Gasteiger partial charge in [0.25, 0.3) is 23.2 Å². The van der Waals surface area contributed by atoms with Crippen molar-refractivity contribution in [3.05, 3.63) is 104 Å². The van der Waals surface area contributed by atoms with Gasteiger partial charge >= 0.3 is 0 Å². The maximum absolute atomic E-state index is 11.8. The number of hydrogen-bond acceptors (Lipinski definition) is 10. The molecule has 0 aromatic heterocycles. The van der Waals surface area contributed by atoms with Crippen molar-refractivity contribution in [1.29, 1.82) is 0 Å². The molecule has 0 unspecified atom stereocenters. The van der Waals surface area contributed by atoms with E-state index in [1.807, 2.05) is 0 Å². The smallest absolute Gasteiger partial charge is 0.277 e. The second-order valence-corrected chi connectivity index (χ2v) is 7.33. The second-order valence-electron chi connectivity index (χ2n) is 7.33. The van der Waals surface area contributed by atoms with E-state index in [-0.39, 0.29) is 24.6 Å². The summed E-state index contributed by atoms with van der Waals surface area (Å²) >= 11 is 0. The molecule has 0 bridgehead atoms. The van der Waals surface area contributed by atoms with Crippen LogP contribution in [-0.4, -0.2) is 47.3 Å². The van der Waals surface area contributed by atoms with Crippen LogP contribution in [0, 0.1) is 20.2 Å². The lowest BCUT2D eigenvalue weighted by molar-refractivity contribution is -0.385. The van der Waals surface area contributed by atoms with Crippen molar-refractivity contribution in [2.24, 2.45) is 10.2 Å². The van der Waals surface area contributed by atoms with Crippen molar-refractivity contribution in [1.82, 2.24) is 10.9 Å². The quantitative estimate of drug-likeness (QED) is 0.207. The molecule has 0 heterocycles. The largest absolute Gasteiger partial charge is 0.484 e. The first-order valence-corrected chi connectivity index (χ1v) is 10.8. The Morgan fingerprint density at radius 3 is 1.32 bits per heavy atom. The zero-order valence-electron chi connectivity index (χ0n) is 19.6. The van der Waals surface area contributed by atoms with Crippen LogP contribution in [0.2, 0.25) is 0 Å². The van der Waals surface area contributed by atoms with Crippen molar-refractivity contribution < 1.29 is 28.9 Å². The fraction of sp³-hybridized carbons (Fsp3) is 0.0833. The third kappa shape index (κ3) is 8.84. The summed E-state index contributed by atoms with van der Waals surface area (Å²) in [4.78, 5) is 43.9. The number of nitrogens with one attached hydrogen (secondary N) is 2. The Morgan fingerprint density at radius 2 is 1.00 bits per heavy atom. The van der Waals surface area contributed by atoms with Gasteiger partial charge in [-0.15, -0.1) is 0 Å². The van der Waals surface area contributed by atoms with Crippen LogP contribution < -0.4 is 20.3 Å². The van der Waals surface area contributed by atoms with Crippen LogP contribution in [0.4, 0.5) is 11.4 Å². The molecular weight excluding hydrogens is 500 g/mol. The summed E-state index contributed by atoms with van der Waals surface area (Å²) in [6.07, 6.45) is 2.84. The first-order valence-electron chi connectivity index (χ1n) is 10.8. The second kappa shape index (κ2) is 13.4. The maximum atomic E-state index is 11.8. The number of hydrazone groups is 2. The van der Waals surface area contributed by atoms with E-state index in [0.717, 1.165) is 0 Å². The molecule has 0 spiro atoms. The number of carbonyl (C=O) groups excluding carboxylic acids is 2. The van der Waals surface area contributed by atoms with Crippen molar-refractivity contribution in [3.8, 4) is 11.5 Å². The van der Waals surface area contributed by atoms with Crippen LogP contribution in [0.15, 0.2) is 83.0 Å². The summed E-state index contributed by atoms with van der Waals surface area (Å²) in [5.74, 6) is -0.423. The minimum atomic E-state index is -0.535. The number of nitrogens with zero attached hydrogens (tertiary/aromatic N) is 4. The number of nitro groups is 2. The fourth-order valence-electron chi connectivity index (χ4n) is 2.72. The van der Waals surface area contributed by atoms with Crippen LogP contribution in [0.5, 0.6) is 11.5 Å². The molecule has 2 N–H and O–H groups in total. The third-order valence-corrected chi connectivity index (χ3v) is 4.58. The molecule has 0 aliphatic carbocycles. The van der Waals surface area contributed by atoms with Gasteiger partial charge in [0, 0.05) is 24.3 Å². The average molecular weight is 520 g/mol. The topological polar surface area (TPSA) is 188 Å². The number of non-ortho nitro benzene ring substituents is 2. The summed E-state index contributed by atoms with van der Waals surface area (Å²) in [6, 6.07) is 17.5. The standard InChI is InChI=1S/C24H20N6O8/c31-23(15-37-21-9-5-19(6-10-21)29(33)34)27-25-13-17-1-2-18(4-3-17)14-26-28-24(32)16-38-22-11-7-20(8-12-22)30(35)36/h1-14H,15-16H2,(H,27,31)(H,28,32). The van der Waals surface area contributed by atoms with E-state index in [1.165, 1.54) is 61.0 Å². The highest BCUT2D eigenvalue weighted by atomic mass is 16.6. The predicted octanol–water partition coefficient (Wildman–Crippen LogP) is 2.56. The van der Waals surface area contributed by atoms with Crippen LogP contribution in [-0.2, 0) is 9.59 Å². The van der Waals surface area contributed by atoms with Crippen molar-refractivity contribution in [2.75, 3.05) is 13.2 Å². The van der Waals surface area contributed by atoms with Gasteiger partial charge in [-0.3, -0.25) is 29.8 Å². The highest BCUT2D eigenvalue weighted by Gasteiger charge is 2.07. The predicted molar refractivity (Wildman–Crippen MR) is 135 cm³/mol. The lowest BCUT2D eigenvalue weighted by atomic mass is 10.2. The van der Waals surface area contributed by atoms with Crippen LogP contribution in [0.1, 0.15) is 11.1 Å². The lowest BCUT2D eigenvalue weighted by Gasteiger charge is -2.04. The van der Waals surface area contributed by atoms with E-state index in [4.69, 9.17) is 9.47 Å². The summed E-state index contributed by atoms with van der Waals surface area (Å²) in [5, 5.41) is 28.9. The van der Waals surface area contributed by atoms with Gasteiger partial charge in [-0.2, -0.15) is 10.2 Å². The average Bonchev–Trinajstić information content (AvgIpc) is 2.92. The Bertz CT molecular complexity index is 1240. The molecule has 14 nitrogen and oxygen atoms in total. The summed E-state index contributed by atoms with van der Waals surface area (Å²) in [7, 11) is 0. The Labute approximate surface area is 214 Å². The number of ether oxygens (including phenoxy) is 2. The Kier molecular flexibility index (Phi) is 9.52. The molecule has 0 atom stereocenters. The molecule has 0 aliphatic rings. The normalized spacial score (nSPS) is 10.7. The molecule has 0 fully saturated rings. The van der Waals surface area contributed by atoms with Crippen LogP contribution >= 0.6 is 0 Å². The molecule has 3 rings (SSSR count). The summed E-state index contributed by atoms with van der Waals surface area (Å²) < 4.78 is 10.5. The number of rotatable bonds is 12. The minimum absolute atomic E-state index is 0.0834. The third-order valence-electron chi connectivity index (χ3n) is 4.58. The zero-order valence-corrected chi connectivity index (χ0v) is 19.6. The first-order chi connectivity index (χ1) is 18.3. The molecule has 0 saturated heterocycles.